The summed E-state index contributed by atoms with van der Waals surface area (Å²) in [7, 11) is 0. The number of halogens is 1. The standard InChI is InChI=1S/C10H11FN2O/c1-6-7(3-2-4-8(6)11)9-5-14-10(12)13-9/h2-4,9H,5H2,1H3,(H2,12,13)/t9-/m1/s1. The topological polar surface area (TPSA) is 47.6 Å². The predicted octanol–water partition coefficient (Wildman–Crippen LogP) is 1.52. The maximum atomic E-state index is 13.2. The Kier molecular flexibility index (Phi) is 2.11. The van der Waals surface area contributed by atoms with Crippen LogP contribution in [0.25, 0.3) is 0 Å². The number of nitrogens with two attached hydrogens (primary N) is 1. The van der Waals surface area contributed by atoms with Gasteiger partial charge in [0.05, 0.1) is 0 Å². The summed E-state index contributed by atoms with van der Waals surface area (Å²) in [6.07, 6.45) is 0. The van der Waals surface area contributed by atoms with E-state index in [1.807, 2.05) is 6.07 Å². The van der Waals surface area contributed by atoms with E-state index in [2.05, 4.69) is 4.99 Å². The maximum absolute atomic E-state index is 13.2. The summed E-state index contributed by atoms with van der Waals surface area (Å²) in [6.45, 7) is 2.13. The molecule has 0 aromatic heterocycles. The van der Waals surface area contributed by atoms with Gasteiger partial charge in [0, 0.05) is 0 Å². The van der Waals surface area contributed by atoms with Crippen molar-refractivity contribution in [2.75, 3.05) is 6.61 Å². The third kappa shape index (κ3) is 1.43. The van der Waals surface area contributed by atoms with E-state index < -0.39 is 0 Å². The first-order valence-electron chi connectivity index (χ1n) is 4.39. The number of amidine groups is 1. The largest absolute Gasteiger partial charge is 0.463 e. The van der Waals surface area contributed by atoms with Gasteiger partial charge in [-0.2, -0.15) is 0 Å². The fourth-order valence-corrected chi connectivity index (χ4v) is 1.54. The number of aliphatic imine (C=N–C) groups is 1. The Balaban J connectivity index is 2.37. The molecule has 0 spiro atoms. The van der Waals surface area contributed by atoms with E-state index in [1.54, 1.807) is 13.0 Å². The van der Waals surface area contributed by atoms with E-state index in [0.29, 0.717) is 12.2 Å². The van der Waals surface area contributed by atoms with Crippen LogP contribution in [0.1, 0.15) is 17.2 Å². The molecular weight excluding hydrogens is 183 g/mol. The highest BCUT2D eigenvalue weighted by molar-refractivity contribution is 5.73. The van der Waals surface area contributed by atoms with Gasteiger partial charge in [-0.15, -0.1) is 0 Å². The van der Waals surface area contributed by atoms with Crippen molar-refractivity contribution in [3.63, 3.8) is 0 Å². The van der Waals surface area contributed by atoms with Gasteiger partial charge in [0.1, 0.15) is 18.5 Å². The summed E-state index contributed by atoms with van der Waals surface area (Å²) in [4.78, 5) is 4.07. The van der Waals surface area contributed by atoms with E-state index in [-0.39, 0.29) is 17.9 Å². The number of hydrogen-bond acceptors (Lipinski definition) is 3. The molecule has 14 heavy (non-hydrogen) atoms. The van der Waals surface area contributed by atoms with Gasteiger partial charge in [-0.1, -0.05) is 12.1 Å². The third-order valence-electron chi connectivity index (χ3n) is 2.34. The first-order chi connectivity index (χ1) is 6.68. The van der Waals surface area contributed by atoms with Crippen LogP contribution in [0.2, 0.25) is 0 Å². The minimum atomic E-state index is -0.219. The number of hydrogen-bond donors (Lipinski definition) is 1. The van der Waals surface area contributed by atoms with Crippen molar-refractivity contribution in [2.24, 2.45) is 10.7 Å². The minimum absolute atomic E-state index is 0.161. The van der Waals surface area contributed by atoms with E-state index in [0.717, 1.165) is 5.56 Å². The van der Waals surface area contributed by atoms with Gasteiger partial charge < -0.3 is 10.5 Å². The Hall–Kier alpha value is -1.58. The Morgan fingerprint density at radius 2 is 2.36 bits per heavy atom. The molecular formula is C10H11FN2O. The molecule has 1 heterocycles. The van der Waals surface area contributed by atoms with Gasteiger partial charge >= 0.3 is 0 Å². The average molecular weight is 194 g/mol. The Labute approximate surface area is 81.4 Å². The van der Waals surface area contributed by atoms with Gasteiger partial charge in [0.25, 0.3) is 6.02 Å². The number of nitrogens with zero attached hydrogens (tertiary/aromatic N) is 1. The molecule has 1 aromatic rings. The summed E-state index contributed by atoms with van der Waals surface area (Å²) < 4.78 is 18.2. The normalized spacial score (nSPS) is 20.4. The molecule has 0 bridgehead atoms. The zero-order valence-corrected chi connectivity index (χ0v) is 7.83. The second-order valence-electron chi connectivity index (χ2n) is 3.25. The van der Waals surface area contributed by atoms with Gasteiger partial charge in [-0.25, -0.2) is 9.38 Å². The molecule has 0 amide bonds. The summed E-state index contributed by atoms with van der Waals surface area (Å²) in [6, 6.07) is 4.96. The Bertz CT molecular complexity index is 390. The molecule has 0 radical (unpaired) electrons. The molecule has 0 saturated carbocycles. The molecule has 3 nitrogen and oxygen atoms in total. The first-order valence-corrected chi connectivity index (χ1v) is 4.39. The number of rotatable bonds is 1. The monoisotopic (exact) mass is 194 g/mol. The predicted molar refractivity (Wildman–Crippen MR) is 51.5 cm³/mol. The molecule has 0 saturated heterocycles. The molecule has 0 aliphatic carbocycles. The SMILES string of the molecule is Cc1c(F)cccc1[C@H]1COC(N)=N1. The number of ether oxygens (including phenoxy) is 1. The summed E-state index contributed by atoms with van der Waals surface area (Å²) >= 11 is 0. The van der Waals surface area contributed by atoms with Gasteiger partial charge in [-0.3, -0.25) is 0 Å². The lowest BCUT2D eigenvalue weighted by Gasteiger charge is -2.09. The second-order valence-corrected chi connectivity index (χ2v) is 3.25. The summed E-state index contributed by atoms with van der Waals surface area (Å²) in [5.74, 6) is -0.219. The second kappa shape index (κ2) is 3.29. The van der Waals surface area contributed by atoms with E-state index >= 15 is 0 Å². The smallest absolute Gasteiger partial charge is 0.282 e. The van der Waals surface area contributed by atoms with Crippen LogP contribution in [0.5, 0.6) is 0 Å². The quantitative estimate of drug-likeness (QED) is 0.736. The van der Waals surface area contributed by atoms with Crippen molar-refractivity contribution in [2.45, 2.75) is 13.0 Å². The fraction of sp³-hybridized carbons (Fsp3) is 0.300. The van der Waals surface area contributed by atoms with E-state index in [1.165, 1.54) is 6.07 Å². The van der Waals surface area contributed by atoms with Crippen LogP contribution in [0.3, 0.4) is 0 Å². The van der Waals surface area contributed by atoms with Gasteiger partial charge in [0.15, 0.2) is 0 Å². The molecule has 1 aliphatic heterocycles. The van der Waals surface area contributed by atoms with Gasteiger partial charge in [0.2, 0.25) is 0 Å². The highest BCUT2D eigenvalue weighted by Crippen LogP contribution is 2.26. The summed E-state index contributed by atoms with van der Waals surface area (Å²) in [5.41, 5.74) is 6.83. The molecule has 0 fully saturated rings. The molecule has 0 unspecified atom stereocenters. The lowest BCUT2D eigenvalue weighted by atomic mass is 10.0. The van der Waals surface area contributed by atoms with Crippen molar-refractivity contribution in [1.29, 1.82) is 0 Å². The summed E-state index contributed by atoms with van der Waals surface area (Å²) in [5, 5.41) is 0. The first kappa shape index (κ1) is 8.99. The van der Waals surface area contributed by atoms with Crippen molar-refractivity contribution in [3.05, 3.63) is 35.1 Å². The van der Waals surface area contributed by atoms with Crippen molar-refractivity contribution < 1.29 is 9.13 Å². The van der Waals surface area contributed by atoms with E-state index in [4.69, 9.17) is 10.5 Å². The van der Waals surface area contributed by atoms with Crippen molar-refractivity contribution in [1.82, 2.24) is 0 Å². The van der Waals surface area contributed by atoms with Crippen LogP contribution in [0.15, 0.2) is 23.2 Å². The minimum Gasteiger partial charge on any atom is -0.463 e. The highest BCUT2D eigenvalue weighted by atomic mass is 19.1. The van der Waals surface area contributed by atoms with Crippen LogP contribution in [-0.2, 0) is 4.74 Å². The van der Waals surface area contributed by atoms with Crippen LogP contribution >= 0.6 is 0 Å². The highest BCUT2D eigenvalue weighted by Gasteiger charge is 2.21. The van der Waals surface area contributed by atoms with Crippen molar-refractivity contribution >= 4 is 6.02 Å². The zero-order valence-electron chi connectivity index (χ0n) is 7.83. The average Bonchev–Trinajstić information content (AvgIpc) is 2.57. The fourth-order valence-electron chi connectivity index (χ4n) is 1.54. The Morgan fingerprint density at radius 1 is 1.57 bits per heavy atom. The van der Waals surface area contributed by atoms with Crippen LogP contribution in [0.4, 0.5) is 4.39 Å². The van der Waals surface area contributed by atoms with E-state index in [9.17, 15) is 4.39 Å². The van der Waals surface area contributed by atoms with Crippen LogP contribution in [-0.4, -0.2) is 12.6 Å². The molecule has 2 N–H and O–H groups in total. The maximum Gasteiger partial charge on any atom is 0.282 e. The molecule has 74 valence electrons. The lowest BCUT2D eigenvalue weighted by Crippen LogP contribution is -2.10. The zero-order chi connectivity index (χ0) is 10.1. The lowest BCUT2D eigenvalue weighted by molar-refractivity contribution is 0.314. The van der Waals surface area contributed by atoms with Crippen LogP contribution < -0.4 is 5.73 Å². The molecule has 2 rings (SSSR count). The third-order valence-corrected chi connectivity index (χ3v) is 2.34. The molecule has 4 heteroatoms. The molecule has 1 atom stereocenters. The number of benzene rings is 1. The molecule has 1 aliphatic rings. The Morgan fingerprint density at radius 3 is 3.00 bits per heavy atom. The van der Waals surface area contributed by atoms with Crippen LogP contribution in [0, 0.1) is 12.7 Å². The van der Waals surface area contributed by atoms with Gasteiger partial charge in [-0.05, 0) is 24.1 Å². The molecule has 1 aromatic carbocycles. The van der Waals surface area contributed by atoms with Crippen molar-refractivity contribution in [3.8, 4) is 0 Å².